The average molecular weight is 383 g/mol. The number of aromatic nitrogens is 1. The van der Waals surface area contributed by atoms with E-state index in [0.717, 1.165) is 11.3 Å². The molecule has 26 heavy (non-hydrogen) atoms. The fourth-order valence-corrected chi connectivity index (χ4v) is 3.53. The van der Waals surface area contributed by atoms with Crippen LogP contribution >= 0.6 is 22.9 Å². The van der Waals surface area contributed by atoms with Gasteiger partial charge in [-0.15, -0.1) is 11.3 Å². The van der Waals surface area contributed by atoms with Crippen molar-refractivity contribution in [1.82, 2.24) is 4.98 Å². The number of halogens is 1. The average Bonchev–Trinajstić information content (AvgIpc) is 3.17. The molecule has 0 radical (unpaired) electrons. The van der Waals surface area contributed by atoms with Crippen LogP contribution in [0, 0.1) is 11.3 Å². The number of hydrogen-bond acceptors (Lipinski definition) is 5. The summed E-state index contributed by atoms with van der Waals surface area (Å²) in [5.74, 6) is 0.970. The molecule has 0 aliphatic rings. The van der Waals surface area contributed by atoms with Gasteiger partial charge in [-0.2, -0.15) is 5.26 Å². The highest BCUT2D eigenvalue weighted by Gasteiger charge is 2.14. The maximum Gasteiger partial charge on any atom is 0.179 e. The first kappa shape index (κ1) is 18.0. The lowest BCUT2D eigenvalue weighted by Crippen LogP contribution is -1.93. The normalized spacial score (nSPS) is 11.1. The van der Waals surface area contributed by atoms with Crippen molar-refractivity contribution in [2.24, 2.45) is 0 Å². The molecule has 0 aliphatic heterocycles. The Hall–Kier alpha value is -2.81. The van der Waals surface area contributed by atoms with E-state index in [1.54, 1.807) is 25.3 Å². The third kappa shape index (κ3) is 3.57. The van der Waals surface area contributed by atoms with E-state index in [-0.39, 0.29) is 0 Å². The van der Waals surface area contributed by atoms with Crippen LogP contribution in [0.25, 0.3) is 22.9 Å². The van der Waals surface area contributed by atoms with Gasteiger partial charge in [-0.25, -0.2) is 4.98 Å². The summed E-state index contributed by atoms with van der Waals surface area (Å²) in [5.41, 5.74) is 2.95. The minimum absolute atomic E-state index is 0.388. The number of ether oxygens (including phenoxy) is 2. The van der Waals surface area contributed by atoms with E-state index in [9.17, 15) is 5.26 Å². The number of thiazole rings is 1. The van der Waals surface area contributed by atoms with Crippen molar-refractivity contribution in [3.63, 3.8) is 0 Å². The van der Waals surface area contributed by atoms with Crippen molar-refractivity contribution in [1.29, 1.82) is 5.26 Å². The Labute approximate surface area is 160 Å². The van der Waals surface area contributed by atoms with Crippen molar-refractivity contribution in [3.05, 3.63) is 63.4 Å². The summed E-state index contributed by atoms with van der Waals surface area (Å²) in [4.78, 5) is 4.58. The molecular formula is C20H15ClN2O2S. The molecule has 2 aromatic carbocycles. The predicted octanol–water partition coefficient (Wildman–Crippen LogP) is 5.54. The van der Waals surface area contributed by atoms with Crippen LogP contribution in [0.2, 0.25) is 5.02 Å². The predicted molar refractivity (Wildman–Crippen MR) is 106 cm³/mol. The van der Waals surface area contributed by atoms with Crippen molar-refractivity contribution >= 4 is 34.6 Å². The van der Waals surface area contributed by atoms with Gasteiger partial charge in [0, 0.05) is 10.9 Å². The number of hydrogen-bond donors (Lipinski definition) is 0. The first-order chi connectivity index (χ1) is 12.7. The molecule has 0 spiro atoms. The summed E-state index contributed by atoms with van der Waals surface area (Å²) < 4.78 is 10.5. The zero-order valence-corrected chi connectivity index (χ0v) is 15.8. The summed E-state index contributed by atoms with van der Waals surface area (Å²) in [6.45, 7) is 0. The maximum absolute atomic E-state index is 9.59. The Balaban J connectivity index is 2.00. The van der Waals surface area contributed by atoms with Gasteiger partial charge in [-0.05, 0) is 23.8 Å². The molecular weight excluding hydrogens is 368 g/mol. The quantitative estimate of drug-likeness (QED) is 0.543. The van der Waals surface area contributed by atoms with Crippen LogP contribution in [0.5, 0.6) is 11.5 Å². The van der Waals surface area contributed by atoms with Crippen LogP contribution in [0.15, 0.2) is 47.8 Å². The molecule has 0 fully saturated rings. The molecule has 3 aromatic rings. The first-order valence-corrected chi connectivity index (χ1v) is 8.97. The molecule has 130 valence electrons. The summed E-state index contributed by atoms with van der Waals surface area (Å²) in [6, 6.07) is 15.6. The highest BCUT2D eigenvalue weighted by molar-refractivity contribution is 7.11. The number of benzene rings is 2. The van der Waals surface area contributed by atoms with Crippen molar-refractivity contribution in [2.45, 2.75) is 0 Å². The summed E-state index contributed by atoms with van der Waals surface area (Å²) in [6.07, 6.45) is 1.71. The maximum atomic E-state index is 9.59. The van der Waals surface area contributed by atoms with Gasteiger partial charge >= 0.3 is 0 Å². The van der Waals surface area contributed by atoms with Gasteiger partial charge in [0.2, 0.25) is 0 Å². The second kappa shape index (κ2) is 8.05. The van der Waals surface area contributed by atoms with Crippen LogP contribution in [-0.4, -0.2) is 19.2 Å². The van der Waals surface area contributed by atoms with Gasteiger partial charge in [-0.3, -0.25) is 0 Å². The van der Waals surface area contributed by atoms with Crippen LogP contribution < -0.4 is 9.47 Å². The molecule has 0 aliphatic carbocycles. The van der Waals surface area contributed by atoms with Crippen LogP contribution in [0.3, 0.4) is 0 Å². The van der Waals surface area contributed by atoms with E-state index < -0.39 is 0 Å². The molecule has 6 heteroatoms. The van der Waals surface area contributed by atoms with Crippen molar-refractivity contribution < 1.29 is 9.47 Å². The van der Waals surface area contributed by atoms with E-state index in [2.05, 4.69) is 11.1 Å². The molecule has 4 nitrogen and oxygen atoms in total. The number of methoxy groups -OCH3 is 2. The number of nitriles is 1. The molecule has 0 saturated carbocycles. The lowest BCUT2D eigenvalue weighted by molar-refractivity contribution is 0.355. The summed E-state index contributed by atoms with van der Waals surface area (Å²) in [5, 5.41) is 12.5. The SMILES string of the molecule is COc1ccc(/C=C(/C#N)c2nc(-c3ccccc3)cs2)c(Cl)c1OC. The number of rotatable bonds is 5. The lowest BCUT2D eigenvalue weighted by atomic mass is 10.1. The lowest BCUT2D eigenvalue weighted by Gasteiger charge is -2.11. The minimum Gasteiger partial charge on any atom is -0.493 e. The second-order valence-electron chi connectivity index (χ2n) is 5.28. The molecule has 1 aromatic heterocycles. The molecule has 0 atom stereocenters. The zero-order valence-electron chi connectivity index (χ0n) is 14.2. The Morgan fingerprint density at radius 1 is 1.15 bits per heavy atom. The fraction of sp³-hybridized carbons (Fsp3) is 0.100. The van der Waals surface area contributed by atoms with Gasteiger partial charge in [0.25, 0.3) is 0 Å². The molecule has 0 unspecified atom stereocenters. The Kier molecular flexibility index (Phi) is 5.57. The third-order valence-electron chi connectivity index (χ3n) is 3.74. The van der Waals surface area contributed by atoms with Crippen molar-refractivity contribution in [3.8, 4) is 28.8 Å². The Morgan fingerprint density at radius 3 is 2.58 bits per heavy atom. The first-order valence-electron chi connectivity index (χ1n) is 7.71. The number of nitrogens with zero attached hydrogens (tertiary/aromatic N) is 2. The Bertz CT molecular complexity index is 991. The highest BCUT2D eigenvalue weighted by atomic mass is 35.5. The Morgan fingerprint density at radius 2 is 1.92 bits per heavy atom. The molecule has 3 rings (SSSR count). The topological polar surface area (TPSA) is 55.1 Å². The molecule has 0 saturated heterocycles. The fourth-order valence-electron chi connectivity index (χ4n) is 2.45. The number of allylic oxidation sites excluding steroid dienone is 1. The zero-order chi connectivity index (χ0) is 18.5. The van der Waals surface area contributed by atoms with E-state index in [1.807, 2.05) is 35.7 Å². The van der Waals surface area contributed by atoms with Gasteiger partial charge in [-0.1, -0.05) is 41.9 Å². The van der Waals surface area contributed by atoms with E-state index in [1.165, 1.54) is 18.4 Å². The van der Waals surface area contributed by atoms with E-state index in [4.69, 9.17) is 21.1 Å². The summed E-state index contributed by atoms with van der Waals surface area (Å²) in [7, 11) is 3.07. The molecule has 0 bridgehead atoms. The largest absolute Gasteiger partial charge is 0.493 e. The monoisotopic (exact) mass is 382 g/mol. The standard InChI is InChI=1S/C20H15ClN2O2S/c1-24-17-9-8-14(18(21)19(17)25-2)10-15(11-22)20-23-16(12-26-20)13-6-4-3-5-7-13/h3-10,12H,1-2H3/b15-10-. The van der Waals surface area contributed by atoms with E-state index in [0.29, 0.717) is 32.7 Å². The van der Waals surface area contributed by atoms with Gasteiger partial charge < -0.3 is 9.47 Å². The van der Waals surface area contributed by atoms with Gasteiger partial charge in [0.1, 0.15) is 11.1 Å². The molecule has 1 heterocycles. The summed E-state index contributed by atoms with van der Waals surface area (Å²) >= 11 is 7.83. The second-order valence-corrected chi connectivity index (χ2v) is 6.51. The van der Waals surface area contributed by atoms with Crippen LogP contribution in [0.4, 0.5) is 0 Å². The van der Waals surface area contributed by atoms with Crippen molar-refractivity contribution in [2.75, 3.05) is 14.2 Å². The highest BCUT2D eigenvalue weighted by Crippen LogP contribution is 2.39. The third-order valence-corrected chi connectivity index (χ3v) is 5.00. The van der Waals surface area contributed by atoms with Gasteiger partial charge in [0.05, 0.1) is 30.5 Å². The van der Waals surface area contributed by atoms with E-state index >= 15 is 0 Å². The molecule has 0 amide bonds. The minimum atomic E-state index is 0.388. The van der Waals surface area contributed by atoms with Gasteiger partial charge in [0.15, 0.2) is 11.5 Å². The van der Waals surface area contributed by atoms with Crippen LogP contribution in [0.1, 0.15) is 10.6 Å². The smallest absolute Gasteiger partial charge is 0.179 e. The van der Waals surface area contributed by atoms with Crippen LogP contribution in [-0.2, 0) is 0 Å². The molecule has 0 N–H and O–H groups in total.